The maximum atomic E-state index is 3.48. The van der Waals surface area contributed by atoms with Gasteiger partial charge >= 0.3 is 0 Å². The lowest BCUT2D eigenvalue weighted by Gasteiger charge is -2.24. The Morgan fingerprint density at radius 2 is 1.82 bits per heavy atom. The highest BCUT2D eigenvalue weighted by atomic mass is 15.1. The fourth-order valence-electron chi connectivity index (χ4n) is 2.58. The standard InChI is InChI=1S/C15H24N2/c1-13-7-9-14(10-8-13)16-11-12-17(2)15-5-3-4-6-15/h7-10,15-16H,3-6,11-12H2,1-2H3. The molecular weight excluding hydrogens is 208 g/mol. The third-order valence-electron chi connectivity index (χ3n) is 3.79. The van der Waals surface area contributed by atoms with Crippen molar-refractivity contribution in [3.8, 4) is 0 Å². The smallest absolute Gasteiger partial charge is 0.0340 e. The van der Waals surface area contributed by atoms with E-state index in [0.717, 1.165) is 19.1 Å². The first-order valence-corrected chi connectivity index (χ1v) is 6.76. The largest absolute Gasteiger partial charge is 0.384 e. The van der Waals surface area contributed by atoms with Crippen molar-refractivity contribution in [1.29, 1.82) is 0 Å². The van der Waals surface area contributed by atoms with E-state index in [4.69, 9.17) is 0 Å². The Hall–Kier alpha value is -1.02. The van der Waals surface area contributed by atoms with Gasteiger partial charge in [0.05, 0.1) is 0 Å². The van der Waals surface area contributed by atoms with E-state index in [1.807, 2.05) is 0 Å². The molecule has 0 atom stereocenters. The van der Waals surface area contributed by atoms with E-state index in [1.165, 1.54) is 36.9 Å². The van der Waals surface area contributed by atoms with Crippen molar-refractivity contribution in [2.75, 3.05) is 25.5 Å². The maximum absolute atomic E-state index is 3.48. The zero-order valence-corrected chi connectivity index (χ0v) is 11.1. The zero-order valence-electron chi connectivity index (χ0n) is 11.1. The Kier molecular flexibility index (Phi) is 4.43. The molecule has 0 amide bonds. The van der Waals surface area contributed by atoms with Crippen LogP contribution in [0.4, 0.5) is 5.69 Å². The van der Waals surface area contributed by atoms with Crippen LogP contribution in [0, 0.1) is 6.92 Å². The van der Waals surface area contributed by atoms with E-state index >= 15 is 0 Å². The summed E-state index contributed by atoms with van der Waals surface area (Å²) in [4.78, 5) is 2.51. The average molecular weight is 232 g/mol. The van der Waals surface area contributed by atoms with Gasteiger partial charge in [-0.05, 0) is 38.9 Å². The summed E-state index contributed by atoms with van der Waals surface area (Å²) in [5.41, 5.74) is 2.55. The van der Waals surface area contributed by atoms with E-state index in [1.54, 1.807) is 0 Å². The molecule has 2 rings (SSSR count). The Labute approximate surface area is 105 Å². The van der Waals surface area contributed by atoms with Crippen LogP contribution in [0.3, 0.4) is 0 Å². The van der Waals surface area contributed by atoms with Crippen LogP contribution in [-0.4, -0.2) is 31.1 Å². The molecule has 94 valence electrons. The summed E-state index contributed by atoms with van der Waals surface area (Å²) >= 11 is 0. The molecule has 0 saturated heterocycles. The maximum Gasteiger partial charge on any atom is 0.0340 e. The highest BCUT2D eigenvalue weighted by Crippen LogP contribution is 2.21. The lowest BCUT2D eigenvalue weighted by molar-refractivity contribution is 0.254. The molecule has 1 aliphatic rings. The Balaban J connectivity index is 1.70. The monoisotopic (exact) mass is 232 g/mol. The fourth-order valence-corrected chi connectivity index (χ4v) is 2.58. The van der Waals surface area contributed by atoms with Gasteiger partial charge < -0.3 is 10.2 Å². The molecule has 0 heterocycles. The van der Waals surface area contributed by atoms with Crippen molar-refractivity contribution in [3.05, 3.63) is 29.8 Å². The number of benzene rings is 1. The second-order valence-corrected chi connectivity index (χ2v) is 5.21. The third-order valence-corrected chi connectivity index (χ3v) is 3.79. The van der Waals surface area contributed by atoms with Gasteiger partial charge in [-0.25, -0.2) is 0 Å². The summed E-state index contributed by atoms with van der Waals surface area (Å²) in [6, 6.07) is 9.46. The van der Waals surface area contributed by atoms with E-state index in [9.17, 15) is 0 Å². The minimum Gasteiger partial charge on any atom is -0.384 e. The molecule has 1 aromatic rings. The predicted octanol–water partition coefficient (Wildman–Crippen LogP) is 3.28. The van der Waals surface area contributed by atoms with E-state index in [0.29, 0.717) is 0 Å². The van der Waals surface area contributed by atoms with Crippen molar-refractivity contribution in [3.63, 3.8) is 0 Å². The molecule has 0 radical (unpaired) electrons. The molecule has 17 heavy (non-hydrogen) atoms. The molecule has 0 aromatic heterocycles. The van der Waals surface area contributed by atoms with E-state index in [2.05, 4.69) is 48.5 Å². The van der Waals surface area contributed by atoms with Crippen LogP contribution >= 0.6 is 0 Å². The van der Waals surface area contributed by atoms with E-state index < -0.39 is 0 Å². The summed E-state index contributed by atoms with van der Waals surface area (Å²) in [5.74, 6) is 0. The summed E-state index contributed by atoms with van der Waals surface area (Å²) in [7, 11) is 2.26. The molecular formula is C15H24N2. The fraction of sp³-hybridized carbons (Fsp3) is 0.600. The van der Waals surface area contributed by atoms with Crippen LogP contribution in [0.5, 0.6) is 0 Å². The van der Waals surface area contributed by atoms with Gasteiger partial charge in [-0.15, -0.1) is 0 Å². The molecule has 0 aliphatic heterocycles. The van der Waals surface area contributed by atoms with Gasteiger partial charge in [0.2, 0.25) is 0 Å². The molecule has 0 unspecified atom stereocenters. The zero-order chi connectivity index (χ0) is 12.1. The number of anilines is 1. The SMILES string of the molecule is Cc1ccc(NCCN(C)C2CCCC2)cc1. The van der Waals surface area contributed by atoms with Crippen LogP contribution in [-0.2, 0) is 0 Å². The summed E-state index contributed by atoms with van der Waals surface area (Å²) < 4.78 is 0. The molecule has 2 heteroatoms. The van der Waals surface area contributed by atoms with Crippen LogP contribution in [0.25, 0.3) is 0 Å². The van der Waals surface area contributed by atoms with Gasteiger partial charge in [0.1, 0.15) is 0 Å². The Bertz CT molecular complexity index is 325. The molecule has 0 spiro atoms. The second kappa shape index (κ2) is 6.06. The predicted molar refractivity (Wildman–Crippen MR) is 74.6 cm³/mol. The highest BCUT2D eigenvalue weighted by molar-refractivity contribution is 5.44. The first-order valence-electron chi connectivity index (χ1n) is 6.76. The minimum absolute atomic E-state index is 0.829. The topological polar surface area (TPSA) is 15.3 Å². The second-order valence-electron chi connectivity index (χ2n) is 5.21. The molecule has 1 N–H and O–H groups in total. The lowest BCUT2D eigenvalue weighted by Crippen LogP contribution is -2.33. The number of rotatable bonds is 5. The summed E-state index contributed by atoms with van der Waals surface area (Å²) in [5, 5.41) is 3.48. The number of likely N-dealkylation sites (N-methyl/N-ethyl adjacent to an activating group) is 1. The number of aryl methyl sites for hydroxylation is 1. The number of hydrogen-bond donors (Lipinski definition) is 1. The molecule has 1 aliphatic carbocycles. The number of nitrogens with one attached hydrogen (secondary N) is 1. The lowest BCUT2D eigenvalue weighted by atomic mass is 10.2. The van der Waals surface area contributed by atoms with Crippen LogP contribution < -0.4 is 5.32 Å². The van der Waals surface area contributed by atoms with Crippen LogP contribution in [0.2, 0.25) is 0 Å². The van der Waals surface area contributed by atoms with Gasteiger partial charge in [-0.2, -0.15) is 0 Å². The summed E-state index contributed by atoms with van der Waals surface area (Å²) in [6.07, 6.45) is 5.61. The Morgan fingerprint density at radius 3 is 2.47 bits per heavy atom. The third kappa shape index (κ3) is 3.74. The molecule has 1 fully saturated rings. The van der Waals surface area contributed by atoms with Gasteiger partial charge in [0.25, 0.3) is 0 Å². The first-order chi connectivity index (χ1) is 8.25. The summed E-state index contributed by atoms with van der Waals surface area (Å²) in [6.45, 7) is 4.30. The van der Waals surface area contributed by atoms with Crippen LogP contribution in [0.15, 0.2) is 24.3 Å². The van der Waals surface area contributed by atoms with Gasteiger partial charge in [-0.3, -0.25) is 0 Å². The normalized spacial score (nSPS) is 16.6. The average Bonchev–Trinajstić information content (AvgIpc) is 2.85. The van der Waals surface area contributed by atoms with Crippen LogP contribution in [0.1, 0.15) is 31.2 Å². The van der Waals surface area contributed by atoms with Crippen molar-refractivity contribution >= 4 is 5.69 Å². The molecule has 1 saturated carbocycles. The number of hydrogen-bond acceptors (Lipinski definition) is 2. The van der Waals surface area contributed by atoms with Crippen molar-refractivity contribution in [2.45, 2.75) is 38.6 Å². The first kappa shape index (κ1) is 12.4. The van der Waals surface area contributed by atoms with E-state index in [-0.39, 0.29) is 0 Å². The van der Waals surface area contributed by atoms with Crippen molar-refractivity contribution < 1.29 is 0 Å². The molecule has 1 aromatic carbocycles. The Morgan fingerprint density at radius 1 is 1.18 bits per heavy atom. The number of nitrogens with zero attached hydrogens (tertiary/aromatic N) is 1. The minimum atomic E-state index is 0.829. The highest BCUT2D eigenvalue weighted by Gasteiger charge is 2.18. The van der Waals surface area contributed by atoms with Crippen molar-refractivity contribution in [2.24, 2.45) is 0 Å². The van der Waals surface area contributed by atoms with Gasteiger partial charge in [-0.1, -0.05) is 30.5 Å². The van der Waals surface area contributed by atoms with Gasteiger partial charge in [0, 0.05) is 24.8 Å². The van der Waals surface area contributed by atoms with Gasteiger partial charge in [0.15, 0.2) is 0 Å². The quantitative estimate of drug-likeness (QED) is 0.838. The van der Waals surface area contributed by atoms with Crippen molar-refractivity contribution in [1.82, 2.24) is 4.90 Å². The molecule has 2 nitrogen and oxygen atoms in total. The molecule has 0 bridgehead atoms.